The number of hydrogen-bond acceptors (Lipinski definition) is 8. The first kappa shape index (κ1) is 33.7. The molecule has 4 atom stereocenters. The number of carbonyl (C=O) groups is 2. The first-order valence-corrected chi connectivity index (χ1v) is 16.2. The summed E-state index contributed by atoms with van der Waals surface area (Å²) in [5.74, 6) is -0.535. The third-order valence-corrected chi connectivity index (χ3v) is 8.85. The normalized spacial score (nSPS) is 21.6. The Kier molecular flexibility index (Phi) is 12.3. The molecule has 2 heterocycles. The van der Waals surface area contributed by atoms with Gasteiger partial charge >= 0.3 is 0 Å². The van der Waals surface area contributed by atoms with Crippen molar-refractivity contribution in [3.05, 3.63) is 95.1 Å². The molecule has 4 unspecified atom stereocenters. The second kappa shape index (κ2) is 16.8. The molecule has 46 heavy (non-hydrogen) atoms. The number of hydroxylamine groups is 1. The molecule has 0 aliphatic carbocycles. The van der Waals surface area contributed by atoms with Crippen LogP contribution in [0.15, 0.2) is 72.8 Å². The van der Waals surface area contributed by atoms with E-state index in [1.54, 1.807) is 5.48 Å². The van der Waals surface area contributed by atoms with Gasteiger partial charge in [-0.15, -0.1) is 0 Å². The fourth-order valence-corrected chi connectivity index (χ4v) is 6.28. The Bertz CT molecular complexity index is 1430. The Labute approximate surface area is 270 Å². The molecule has 0 aromatic heterocycles. The van der Waals surface area contributed by atoms with Gasteiger partial charge in [-0.3, -0.25) is 19.7 Å². The standard InChI is InChI=1S/C36H45N3O7/c40-23-25-13-15-27(16-14-25)33-20-32(22-39-17-5-10-31(39)24-41)45-36(46-33)30-9-4-8-29(19-30)28-7-3-6-26(18-28)21-37-34(42)11-1-2-12-35(43)38-44/h3-4,6-9,13-16,18-19,31-33,36,40-41,44H,1-2,5,10-12,17,20-24H2,(H,37,42)(H,38,43). The maximum Gasteiger partial charge on any atom is 0.243 e. The molecule has 0 radical (unpaired) electrons. The molecule has 2 saturated heterocycles. The predicted molar refractivity (Wildman–Crippen MR) is 172 cm³/mol. The van der Waals surface area contributed by atoms with E-state index < -0.39 is 12.2 Å². The number of rotatable bonds is 14. The Balaban J connectivity index is 1.27. The smallest absolute Gasteiger partial charge is 0.243 e. The van der Waals surface area contributed by atoms with Crippen LogP contribution >= 0.6 is 0 Å². The van der Waals surface area contributed by atoms with Crippen LogP contribution in [-0.4, -0.2) is 64.0 Å². The van der Waals surface area contributed by atoms with Crippen molar-refractivity contribution in [2.24, 2.45) is 0 Å². The molecule has 2 aliphatic heterocycles. The lowest BCUT2D eigenvalue weighted by molar-refractivity contribution is -0.253. The van der Waals surface area contributed by atoms with Crippen LogP contribution in [0, 0.1) is 0 Å². The van der Waals surface area contributed by atoms with E-state index >= 15 is 0 Å². The minimum atomic E-state index is -0.581. The molecular weight excluding hydrogens is 586 g/mol. The number of unbranched alkanes of at least 4 members (excludes halogenated alkanes) is 1. The van der Waals surface area contributed by atoms with Crippen LogP contribution < -0.4 is 10.8 Å². The molecule has 3 aromatic rings. The number of nitrogens with one attached hydrogen (secondary N) is 2. The van der Waals surface area contributed by atoms with Crippen molar-refractivity contribution < 1.29 is 34.5 Å². The third-order valence-electron chi connectivity index (χ3n) is 8.85. The highest BCUT2D eigenvalue weighted by atomic mass is 16.7. The van der Waals surface area contributed by atoms with Gasteiger partial charge in [-0.25, -0.2) is 5.48 Å². The van der Waals surface area contributed by atoms with E-state index in [4.69, 9.17) is 14.7 Å². The minimum absolute atomic E-state index is 0.00850. The van der Waals surface area contributed by atoms with Gasteiger partial charge in [0.05, 0.1) is 25.4 Å². The number of ether oxygens (including phenoxy) is 2. The van der Waals surface area contributed by atoms with Crippen molar-refractivity contribution in [2.75, 3.05) is 19.7 Å². The summed E-state index contributed by atoms with van der Waals surface area (Å²) in [6.07, 6.45) is 3.48. The van der Waals surface area contributed by atoms with Crippen LogP contribution in [0.5, 0.6) is 0 Å². The topological polar surface area (TPSA) is 141 Å². The van der Waals surface area contributed by atoms with Crippen LogP contribution in [0.4, 0.5) is 0 Å². The zero-order valence-corrected chi connectivity index (χ0v) is 26.1. The summed E-state index contributed by atoms with van der Waals surface area (Å²) in [4.78, 5) is 25.8. The van der Waals surface area contributed by atoms with Gasteiger partial charge < -0.3 is 25.0 Å². The highest BCUT2D eigenvalue weighted by Crippen LogP contribution is 2.39. The molecule has 246 valence electrons. The molecule has 5 rings (SSSR count). The average molecular weight is 632 g/mol. The summed E-state index contributed by atoms with van der Waals surface area (Å²) in [7, 11) is 0. The summed E-state index contributed by atoms with van der Waals surface area (Å²) >= 11 is 0. The van der Waals surface area contributed by atoms with Crippen molar-refractivity contribution >= 4 is 11.8 Å². The summed E-state index contributed by atoms with van der Waals surface area (Å²) in [5.41, 5.74) is 7.39. The lowest BCUT2D eigenvalue weighted by Crippen LogP contribution is -2.42. The fraction of sp³-hybridized carbons (Fsp3) is 0.444. The van der Waals surface area contributed by atoms with E-state index in [2.05, 4.69) is 22.3 Å². The summed E-state index contributed by atoms with van der Waals surface area (Å²) in [6.45, 7) is 2.20. The second-order valence-electron chi connectivity index (χ2n) is 12.2. The fourth-order valence-electron chi connectivity index (χ4n) is 6.28. The molecule has 10 nitrogen and oxygen atoms in total. The van der Waals surface area contributed by atoms with Crippen molar-refractivity contribution in [3.63, 3.8) is 0 Å². The van der Waals surface area contributed by atoms with Crippen LogP contribution in [0.3, 0.4) is 0 Å². The predicted octanol–water partition coefficient (Wildman–Crippen LogP) is 4.53. The van der Waals surface area contributed by atoms with Crippen LogP contribution in [0.1, 0.15) is 79.6 Å². The molecular formula is C36H45N3O7. The average Bonchev–Trinajstić information content (AvgIpc) is 3.56. The van der Waals surface area contributed by atoms with Gasteiger partial charge in [0.15, 0.2) is 6.29 Å². The molecule has 2 aliphatic rings. The Hall–Kier alpha value is -3.64. The van der Waals surface area contributed by atoms with E-state index in [1.807, 2.05) is 60.7 Å². The van der Waals surface area contributed by atoms with Crippen molar-refractivity contribution in [1.82, 2.24) is 15.7 Å². The minimum Gasteiger partial charge on any atom is -0.395 e. The summed E-state index contributed by atoms with van der Waals surface area (Å²) in [5, 5.41) is 30.9. The summed E-state index contributed by atoms with van der Waals surface area (Å²) in [6, 6.07) is 24.2. The van der Waals surface area contributed by atoms with E-state index in [0.29, 0.717) is 32.2 Å². The van der Waals surface area contributed by atoms with Gasteiger partial charge in [-0.1, -0.05) is 60.7 Å². The molecule has 0 bridgehead atoms. The number of likely N-dealkylation sites (tertiary alicyclic amines) is 1. The van der Waals surface area contributed by atoms with Gasteiger partial charge in [0.2, 0.25) is 11.8 Å². The molecule has 2 amide bonds. The van der Waals surface area contributed by atoms with Crippen molar-refractivity contribution in [1.29, 1.82) is 0 Å². The maximum absolute atomic E-state index is 12.3. The number of aliphatic hydroxyl groups is 2. The molecule has 10 heteroatoms. The lowest BCUT2D eigenvalue weighted by Gasteiger charge is -2.38. The van der Waals surface area contributed by atoms with E-state index in [0.717, 1.165) is 59.3 Å². The zero-order chi connectivity index (χ0) is 32.3. The van der Waals surface area contributed by atoms with Crippen molar-refractivity contribution in [3.8, 4) is 11.1 Å². The quantitative estimate of drug-likeness (QED) is 0.0994. The first-order valence-electron chi connectivity index (χ1n) is 16.2. The number of carbonyl (C=O) groups excluding carboxylic acids is 2. The largest absolute Gasteiger partial charge is 0.395 e. The molecule has 0 saturated carbocycles. The van der Waals surface area contributed by atoms with Crippen LogP contribution in [0.2, 0.25) is 0 Å². The lowest BCUT2D eigenvalue weighted by atomic mass is 9.98. The second-order valence-corrected chi connectivity index (χ2v) is 12.2. The molecule has 0 spiro atoms. The van der Waals surface area contributed by atoms with Gasteiger partial charge in [0.25, 0.3) is 0 Å². The number of nitrogens with zero attached hydrogens (tertiary/aromatic N) is 1. The third kappa shape index (κ3) is 9.22. The summed E-state index contributed by atoms with van der Waals surface area (Å²) < 4.78 is 13.2. The van der Waals surface area contributed by atoms with Gasteiger partial charge in [0.1, 0.15) is 0 Å². The Morgan fingerprint density at radius 3 is 2.33 bits per heavy atom. The molecule has 2 fully saturated rings. The van der Waals surface area contributed by atoms with Crippen LogP contribution in [0.25, 0.3) is 11.1 Å². The number of hydrogen-bond donors (Lipinski definition) is 5. The Morgan fingerprint density at radius 2 is 1.59 bits per heavy atom. The highest BCUT2D eigenvalue weighted by Gasteiger charge is 2.35. The van der Waals surface area contributed by atoms with E-state index in [9.17, 15) is 19.8 Å². The van der Waals surface area contributed by atoms with Gasteiger partial charge in [0, 0.05) is 44.0 Å². The van der Waals surface area contributed by atoms with Crippen LogP contribution in [-0.2, 0) is 32.2 Å². The molecule has 5 N–H and O–H groups in total. The first-order chi connectivity index (χ1) is 22.4. The number of benzene rings is 3. The molecule has 3 aromatic carbocycles. The number of amides is 2. The number of aliphatic hydroxyl groups excluding tert-OH is 2. The van der Waals surface area contributed by atoms with Gasteiger partial charge in [-0.05, 0) is 72.2 Å². The Morgan fingerprint density at radius 1 is 0.848 bits per heavy atom. The maximum atomic E-state index is 12.3. The van der Waals surface area contributed by atoms with Gasteiger partial charge in [-0.2, -0.15) is 0 Å². The highest BCUT2D eigenvalue weighted by molar-refractivity contribution is 5.76. The SMILES string of the molecule is O=C(CCCCC(=O)NCc1cccc(-c2cccc(C3OC(CN4CCCC4CO)CC(c4ccc(CO)cc4)O3)c2)c1)NO. The van der Waals surface area contributed by atoms with Crippen molar-refractivity contribution in [2.45, 2.75) is 82.6 Å². The van der Waals surface area contributed by atoms with E-state index in [-0.39, 0.29) is 43.8 Å². The zero-order valence-electron chi connectivity index (χ0n) is 26.1. The van der Waals surface area contributed by atoms with E-state index in [1.165, 1.54) is 0 Å². The monoisotopic (exact) mass is 631 g/mol.